The van der Waals surface area contributed by atoms with Gasteiger partial charge in [-0.3, -0.25) is 9.59 Å². The zero-order valence-electron chi connectivity index (χ0n) is 16.7. The smallest absolute Gasteiger partial charge is 0.227 e. The Morgan fingerprint density at radius 2 is 1.76 bits per heavy atom. The van der Waals surface area contributed by atoms with Gasteiger partial charge in [-0.1, -0.05) is 67.4 Å². The summed E-state index contributed by atoms with van der Waals surface area (Å²) in [5, 5.41) is 12.4. The highest BCUT2D eigenvalue weighted by atomic mass is 32.1. The lowest BCUT2D eigenvalue weighted by atomic mass is 9.83. The number of hydrogen-bond donors (Lipinski definition) is 1. The van der Waals surface area contributed by atoms with Crippen molar-refractivity contribution in [1.29, 1.82) is 0 Å². The Morgan fingerprint density at radius 3 is 2.45 bits per heavy atom. The molecule has 4 rings (SSSR count). The van der Waals surface area contributed by atoms with Crippen LogP contribution < -0.4 is 5.32 Å². The van der Waals surface area contributed by atoms with Gasteiger partial charge in [0.15, 0.2) is 0 Å². The van der Waals surface area contributed by atoms with Crippen molar-refractivity contribution < 1.29 is 9.59 Å². The van der Waals surface area contributed by atoms with Crippen molar-refractivity contribution in [3.8, 4) is 10.6 Å². The third kappa shape index (κ3) is 5.01. The highest BCUT2D eigenvalue weighted by molar-refractivity contribution is 7.18. The molecule has 1 heterocycles. The maximum atomic E-state index is 12.9. The van der Waals surface area contributed by atoms with Gasteiger partial charge in [0.1, 0.15) is 5.01 Å². The fourth-order valence-corrected chi connectivity index (χ4v) is 4.90. The summed E-state index contributed by atoms with van der Waals surface area (Å²) in [7, 11) is 0. The van der Waals surface area contributed by atoms with Gasteiger partial charge in [-0.2, -0.15) is 0 Å². The molecule has 0 bridgehead atoms. The van der Waals surface area contributed by atoms with E-state index in [4.69, 9.17) is 0 Å². The number of nitrogens with one attached hydrogen (secondary N) is 1. The van der Waals surface area contributed by atoms with E-state index in [1.807, 2.05) is 35.2 Å². The van der Waals surface area contributed by atoms with E-state index in [1.165, 1.54) is 30.6 Å². The largest absolute Gasteiger partial charge is 0.339 e. The van der Waals surface area contributed by atoms with Crippen LogP contribution in [0, 0.1) is 5.92 Å². The first kappa shape index (κ1) is 20.0. The minimum Gasteiger partial charge on any atom is -0.339 e. The molecular formula is C22H28N4O2S. The summed E-state index contributed by atoms with van der Waals surface area (Å²) in [6.45, 7) is 0.496. The van der Waals surface area contributed by atoms with Crippen LogP contribution in [0.4, 0.5) is 5.13 Å². The normalized spacial score (nSPS) is 17.5. The Labute approximate surface area is 175 Å². The van der Waals surface area contributed by atoms with E-state index in [1.54, 1.807) is 0 Å². The van der Waals surface area contributed by atoms with Crippen molar-refractivity contribution in [3.63, 3.8) is 0 Å². The third-order valence-corrected chi connectivity index (χ3v) is 6.91. The van der Waals surface area contributed by atoms with Crippen LogP contribution in [0.25, 0.3) is 10.6 Å². The number of carbonyl (C=O) groups is 2. The van der Waals surface area contributed by atoms with E-state index >= 15 is 0 Å². The Morgan fingerprint density at radius 1 is 1.00 bits per heavy atom. The number of nitrogens with zero attached hydrogens (tertiary/aromatic N) is 3. The Bertz CT molecular complexity index is 828. The summed E-state index contributed by atoms with van der Waals surface area (Å²) in [5.41, 5.74) is 0.986. The number of rotatable bonds is 7. The molecule has 0 atom stereocenters. The molecule has 1 N–H and O–H groups in total. The van der Waals surface area contributed by atoms with Gasteiger partial charge in [-0.15, -0.1) is 10.2 Å². The molecule has 0 saturated heterocycles. The van der Waals surface area contributed by atoms with Crippen LogP contribution in [0.2, 0.25) is 0 Å². The average Bonchev–Trinajstić information content (AvgIpc) is 3.17. The number of amides is 2. The molecule has 2 fully saturated rings. The fraction of sp³-hybridized carbons (Fsp3) is 0.545. The van der Waals surface area contributed by atoms with Gasteiger partial charge < -0.3 is 10.2 Å². The Kier molecular flexibility index (Phi) is 6.54. The van der Waals surface area contributed by atoms with Gasteiger partial charge in [0.25, 0.3) is 0 Å². The fourth-order valence-electron chi connectivity index (χ4n) is 4.13. The second-order valence-corrected chi connectivity index (χ2v) is 9.01. The molecule has 6 nitrogen and oxygen atoms in total. The molecule has 2 aliphatic carbocycles. The second-order valence-electron chi connectivity index (χ2n) is 8.03. The summed E-state index contributed by atoms with van der Waals surface area (Å²) in [4.78, 5) is 27.5. The lowest BCUT2D eigenvalue weighted by Crippen LogP contribution is -2.47. The maximum Gasteiger partial charge on any atom is 0.227 e. The van der Waals surface area contributed by atoms with Crippen LogP contribution in [0.3, 0.4) is 0 Å². The zero-order valence-corrected chi connectivity index (χ0v) is 17.5. The Balaban J connectivity index is 1.34. The molecule has 1 aromatic carbocycles. The average molecular weight is 413 g/mol. The van der Waals surface area contributed by atoms with E-state index in [-0.39, 0.29) is 17.7 Å². The lowest BCUT2D eigenvalue weighted by molar-refractivity contribution is -0.141. The predicted octanol–water partition coefficient (Wildman–Crippen LogP) is 4.50. The van der Waals surface area contributed by atoms with Crippen molar-refractivity contribution in [2.24, 2.45) is 5.92 Å². The van der Waals surface area contributed by atoms with Gasteiger partial charge in [-0.05, 0) is 25.7 Å². The molecule has 2 saturated carbocycles. The van der Waals surface area contributed by atoms with E-state index in [0.29, 0.717) is 24.1 Å². The third-order valence-electron chi connectivity index (χ3n) is 6.02. The monoisotopic (exact) mass is 412 g/mol. The van der Waals surface area contributed by atoms with E-state index in [9.17, 15) is 9.59 Å². The molecule has 29 heavy (non-hydrogen) atoms. The number of aromatic nitrogens is 2. The van der Waals surface area contributed by atoms with Crippen molar-refractivity contribution >= 4 is 28.3 Å². The highest BCUT2D eigenvalue weighted by Gasteiger charge is 2.33. The lowest BCUT2D eigenvalue weighted by Gasteiger charge is -2.38. The van der Waals surface area contributed by atoms with E-state index in [0.717, 1.165) is 42.7 Å². The molecular weight excluding hydrogens is 384 g/mol. The second kappa shape index (κ2) is 9.48. The summed E-state index contributed by atoms with van der Waals surface area (Å²) >= 11 is 1.37. The van der Waals surface area contributed by atoms with Crippen LogP contribution in [-0.2, 0) is 9.59 Å². The van der Waals surface area contributed by atoms with Gasteiger partial charge in [0, 0.05) is 30.5 Å². The first-order chi connectivity index (χ1) is 14.2. The molecule has 2 aromatic rings. The Hall–Kier alpha value is -2.28. The summed E-state index contributed by atoms with van der Waals surface area (Å²) in [6.07, 6.45) is 9.20. The molecule has 2 aliphatic rings. The van der Waals surface area contributed by atoms with Crippen LogP contribution in [0.5, 0.6) is 0 Å². The van der Waals surface area contributed by atoms with Crippen molar-refractivity contribution in [1.82, 2.24) is 15.1 Å². The number of benzene rings is 1. The van der Waals surface area contributed by atoms with Crippen molar-refractivity contribution in [2.45, 2.75) is 63.8 Å². The summed E-state index contributed by atoms with van der Waals surface area (Å²) < 4.78 is 0. The van der Waals surface area contributed by atoms with Gasteiger partial charge in [0.2, 0.25) is 16.9 Å². The SMILES string of the molecule is O=C(CCN(C(=O)C1CCC1)C1CCCCC1)Nc1nnc(-c2ccccc2)s1. The van der Waals surface area contributed by atoms with Crippen LogP contribution in [0.1, 0.15) is 57.8 Å². The van der Waals surface area contributed by atoms with Crippen molar-refractivity contribution in [2.75, 3.05) is 11.9 Å². The van der Waals surface area contributed by atoms with Crippen molar-refractivity contribution in [3.05, 3.63) is 30.3 Å². The standard InChI is InChI=1S/C22H28N4O2S/c27-19(23-22-25-24-20(29-22)16-8-3-1-4-9-16)14-15-26(18-12-5-2-6-13-18)21(28)17-10-7-11-17/h1,3-4,8-9,17-18H,2,5-7,10-15H2,(H,23,25,27). The molecule has 0 aliphatic heterocycles. The van der Waals surface area contributed by atoms with Gasteiger partial charge in [0.05, 0.1) is 0 Å². The maximum absolute atomic E-state index is 12.9. The van der Waals surface area contributed by atoms with E-state index < -0.39 is 0 Å². The minimum atomic E-state index is -0.108. The van der Waals surface area contributed by atoms with E-state index in [2.05, 4.69) is 15.5 Å². The molecule has 0 spiro atoms. The van der Waals surface area contributed by atoms with Crippen LogP contribution >= 0.6 is 11.3 Å². The molecule has 7 heteroatoms. The quantitative estimate of drug-likeness (QED) is 0.727. The van der Waals surface area contributed by atoms with Gasteiger partial charge in [-0.25, -0.2) is 0 Å². The molecule has 0 unspecified atom stereocenters. The predicted molar refractivity (Wildman–Crippen MR) is 115 cm³/mol. The number of carbonyl (C=O) groups excluding carboxylic acids is 2. The highest BCUT2D eigenvalue weighted by Crippen LogP contribution is 2.32. The first-order valence-corrected chi connectivity index (χ1v) is 11.5. The zero-order chi connectivity index (χ0) is 20.1. The summed E-state index contributed by atoms with van der Waals surface area (Å²) in [5.74, 6) is 0.331. The molecule has 2 amide bonds. The molecule has 0 radical (unpaired) electrons. The van der Waals surface area contributed by atoms with Crippen LogP contribution in [-0.4, -0.2) is 39.5 Å². The molecule has 1 aromatic heterocycles. The number of anilines is 1. The topological polar surface area (TPSA) is 75.2 Å². The molecule has 154 valence electrons. The van der Waals surface area contributed by atoms with Crippen LogP contribution in [0.15, 0.2) is 30.3 Å². The van der Waals surface area contributed by atoms with Gasteiger partial charge >= 0.3 is 0 Å². The summed E-state index contributed by atoms with van der Waals surface area (Å²) in [6, 6.07) is 10.1. The minimum absolute atomic E-state index is 0.108. The first-order valence-electron chi connectivity index (χ1n) is 10.7. The number of hydrogen-bond acceptors (Lipinski definition) is 5.